The average Bonchev–Trinajstić information content (AvgIpc) is 3.40. The number of benzene rings is 3. The van der Waals surface area contributed by atoms with Crippen molar-refractivity contribution in [3.8, 4) is 22.5 Å². The van der Waals surface area contributed by atoms with Crippen LogP contribution >= 0.6 is 0 Å². The second-order valence-electron chi connectivity index (χ2n) is 7.48. The first-order valence-corrected chi connectivity index (χ1v) is 10.1. The van der Waals surface area contributed by atoms with E-state index in [1.54, 1.807) is 0 Å². The highest BCUT2D eigenvalue weighted by Gasteiger charge is 2.07. The van der Waals surface area contributed by atoms with Crippen molar-refractivity contribution >= 4 is 11.0 Å². The lowest BCUT2D eigenvalue weighted by atomic mass is 10.0. The molecule has 0 bridgehead atoms. The van der Waals surface area contributed by atoms with E-state index in [0.29, 0.717) is 0 Å². The lowest BCUT2D eigenvalue weighted by Crippen LogP contribution is -2.14. The van der Waals surface area contributed by atoms with Gasteiger partial charge < -0.3 is 14.9 Å². The Morgan fingerprint density at radius 2 is 1.70 bits per heavy atom. The van der Waals surface area contributed by atoms with E-state index in [1.165, 1.54) is 22.4 Å². The Bertz CT molecular complexity index is 1250. The van der Waals surface area contributed by atoms with Gasteiger partial charge in [0.25, 0.3) is 0 Å². The molecule has 0 saturated heterocycles. The Balaban J connectivity index is 1.31. The fourth-order valence-electron chi connectivity index (χ4n) is 3.64. The molecule has 0 aliphatic rings. The zero-order valence-corrected chi connectivity index (χ0v) is 16.8. The third-order valence-corrected chi connectivity index (χ3v) is 5.36. The number of aromatic nitrogens is 4. The largest absolute Gasteiger partial charge is 0.338 e. The highest BCUT2D eigenvalue weighted by molar-refractivity contribution is 5.80. The van der Waals surface area contributed by atoms with Crippen LogP contribution in [0.2, 0.25) is 0 Å². The molecule has 0 saturated carbocycles. The molecule has 0 amide bonds. The number of nitrogens with one attached hydrogen (secondary N) is 2. The van der Waals surface area contributed by atoms with Crippen molar-refractivity contribution in [2.45, 2.75) is 13.1 Å². The monoisotopic (exact) mass is 393 g/mol. The van der Waals surface area contributed by atoms with Crippen molar-refractivity contribution in [3.63, 3.8) is 0 Å². The molecule has 5 heteroatoms. The highest BCUT2D eigenvalue weighted by atomic mass is 15.0. The number of aryl methyl sites for hydroxylation is 1. The van der Waals surface area contributed by atoms with Gasteiger partial charge in [0.1, 0.15) is 5.82 Å². The molecule has 0 aliphatic carbocycles. The molecule has 5 aromatic rings. The summed E-state index contributed by atoms with van der Waals surface area (Å²) < 4.78 is 2.03. The van der Waals surface area contributed by atoms with Gasteiger partial charge in [0.05, 0.1) is 23.1 Å². The standard InChI is InChI=1S/C25H23N5/c1-30-17-27-16-22(30)15-26-14-18-9-11-19(12-10-18)20-5-4-6-21(13-20)25-28-23-7-2-3-8-24(23)29-25/h2-13,16-17,26H,14-15H2,1H3,(H,28,29). The molecular weight excluding hydrogens is 370 g/mol. The molecule has 0 unspecified atom stereocenters. The molecule has 0 fully saturated rings. The van der Waals surface area contributed by atoms with Gasteiger partial charge >= 0.3 is 0 Å². The van der Waals surface area contributed by atoms with Gasteiger partial charge in [0.2, 0.25) is 0 Å². The number of para-hydroxylation sites is 2. The van der Waals surface area contributed by atoms with Crippen molar-refractivity contribution in [1.82, 2.24) is 24.8 Å². The van der Waals surface area contributed by atoms with E-state index in [2.05, 4.69) is 69.9 Å². The second-order valence-corrected chi connectivity index (χ2v) is 7.48. The van der Waals surface area contributed by atoms with E-state index in [1.807, 2.05) is 42.3 Å². The zero-order chi connectivity index (χ0) is 20.3. The summed E-state index contributed by atoms with van der Waals surface area (Å²) in [7, 11) is 2.01. The first-order valence-electron chi connectivity index (χ1n) is 10.1. The van der Waals surface area contributed by atoms with Crippen LogP contribution in [0.5, 0.6) is 0 Å². The van der Waals surface area contributed by atoms with Crippen LogP contribution < -0.4 is 5.32 Å². The smallest absolute Gasteiger partial charge is 0.138 e. The molecule has 148 valence electrons. The van der Waals surface area contributed by atoms with Crippen LogP contribution in [0.1, 0.15) is 11.3 Å². The van der Waals surface area contributed by atoms with E-state index in [9.17, 15) is 0 Å². The van der Waals surface area contributed by atoms with Gasteiger partial charge in [0.15, 0.2) is 0 Å². The minimum absolute atomic E-state index is 0.803. The summed E-state index contributed by atoms with van der Waals surface area (Å²) in [5.74, 6) is 0.897. The number of hydrogen-bond acceptors (Lipinski definition) is 3. The molecule has 0 spiro atoms. The maximum atomic E-state index is 4.72. The summed E-state index contributed by atoms with van der Waals surface area (Å²) in [5.41, 5.74) is 7.95. The maximum Gasteiger partial charge on any atom is 0.138 e. The van der Waals surface area contributed by atoms with Crippen molar-refractivity contribution in [3.05, 3.63) is 96.6 Å². The van der Waals surface area contributed by atoms with Crippen LogP contribution in [0.4, 0.5) is 0 Å². The summed E-state index contributed by atoms with van der Waals surface area (Å²) in [6, 6.07) is 25.3. The van der Waals surface area contributed by atoms with Gasteiger partial charge in [-0.25, -0.2) is 9.97 Å². The molecule has 2 aromatic heterocycles. The van der Waals surface area contributed by atoms with E-state index < -0.39 is 0 Å². The Morgan fingerprint density at radius 1 is 0.867 bits per heavy atom. The number of hydrogen-bond donors (Lipinski definition) is 2. The minimum Gasteiger partial charge on any atom is -0.338 e. The third-order valence-electron chi connectivity index (χ3n) is 5.36. The highest BCUT2D eigenvalue weighted by Crippen LogP contribution is 2.26. The fraction of sp³-hybridized carbons (Fsp3) is 0.120. The molecule has 2 N–H and O–H groups in total. The van der Waals surface area contributed by atoms with Crippen LogP contribution in [0.15, 0.2) is 85.3 Å². The first kappa shape index (κ1) is 18.3. The first-order chi connectivity index (χ1) is 14.8. The second kappa shape index (κ2) is 7.97. The average molecular weight is 393 g/mol. The van der Waals surface area contributed by atoms with Crippen molar-refractivity contribution in [2.75, 3.05) is 0 Å². The number of imidazole rings is 2. The van der Waals surface area contributed by atoms with Gasteiger partial charge in [-0.3, -0.25) is 0 Å². The molecule has 30 heavy (non-hydrogen) atoms. The fourth-order valence-corrected chi connectivity index (χ4v) is 3.64. The molecule has 0 radical (unpaired) electrons. The molecule has 5 nitrogen and oxygen atoms in total. The van der Waals surface area contributed by atoms with Gasteiger partial charge in [0, 0.05) is 31.9 Å². The van der Waals surface area contributed by atoms with E-state index in [-0.39, 0.29) is 0 Å². The van der Waals surface area contributed by atoms with Crippen molar-refractivity contribution in [1.29, 1.82) is 0 Å². The third kappa shape index (κ3) is 3.75. The number of nitrogens with zero attached hydrogens (tertiary/aromatic N) is 3. The number of rotatable bonds is 6. The molecular formula is C25H23N5. The molecule has 5 rings (SSSR count). The Hall–Kier alpha value is -3.70. The van der Waals surface area contributed by atoms with Gasteiger partial charge in [-0.1, -0.05) is 54.6 Å². The quantitative estimate of drug-likeness (QED) is 0.430. The van der Waals surface area contributed by atoms with E-state index in [4.69, 9.17) is 4.98 Å². The van der Waals surface area contributed by atoms with Crippen LogP contribution in [-0.4, -0.2) is 19.5 Å². The Labute approximate surface area is 175 Å². The molecule has 0 aliphatic heterocycles. The van der Waals surface area contributed by atoms with Crippen LogP contribution in [0, 0.1) is 0 Å². The van der Waals surface area contributed by atoms with E-state index in [0.717, 1.165) is 35.5 Å². The molecule has 2 heterocycles. The van der Waals surface area contributed by atoms with Crippen LogP contribution in [0.25, 0.3) is 33.5 Å². The lowest BCUT2D eigenvalue weighted by molar-refractivity contribution is 0.655. The normalized spacial score (nSPS) is 11.2. The topological polar surface area (TPSA) is 58.5 Å². The summed E-state index contributed by atoms with van der Waals surface area (Å²) in [5, 5.41) is 3.47. The summed E-state index contributed by atoms with van der Waals surface area (Å²) in [6.07, 6.45) is 3.72. The number of H-pyrrole nitrogens is 1. The molecule has 0 atom stereocenters. The Kier molecular flexibility index (Phi) is 4.87. The van der Waals surface area contributed by atoms with Crippen LogP contribution in [0.3, 0.4) is 0 Å². The lowest BCUT2D eigenvalue weighted by Gasteiger charge is -2.08. The Morgan fingerprint density at radius 3 is 2.50 bits per heavy atom. The van der Waals surface area contributed by atoms with Gasteiger partial charge in [-0.2, -0.15) is 0 Å². The van der Waals surface area contributed by atoms with Crippen molar-refractivity contribution < 1.29 is 0 Å². The van der Waals surface area contributed by atoms with Gasteiger partial charge in [-0.05, 0) is 34.9 Å². The number of aromatic amines is 1. The van der Waals surface area contributed by atoms with Crippen molar-refractivity contribution in [2.24, 2.45) is 7.05 Å². The summed E-state index contributed by atoms with van der Waals surface area (Å²) in [6.45, 7) is 1.63. The number of fused-ring (bicyclic) bond motifs is 1. The summed E-state index contributed by atoms with van der Waals surface area (Å²) >= 11 is 0. The van der Waals surface area contributed by atoms with E-state index >= 15 is 0 Å². The summed E-state index contributed by atoms with van der Waals surface area (Å²) in [4.78, 5) is 12.3. The predicted molar refractivity (Wildman–Crippen MR) is 121 cm³/mol. The minimum atomic E-state index is 0.803. The maximum absolute atomic E-state index is 4.72. The SMILES string of the molecule is Cn1cncc1CNCc1ccc(-c2cccc(-c3nc4ccccc4[nH]3)c2)cc1. The molecule has 3 aromatic carbocycles. The predicted octanol–water partition coefficient (Wildman–Crippen LogP) is 4.92. The zero-order valence-electron chi connectivity index (χ0n) is 16.8. The van der Waals surface area contributed by atoms with Gasteiger partial charge in [-0.15, -0.1) is 0 Å². The van der Waals surface area contributed by atoms with Crippen LogP contribution in [-0.2, 0) is 20.1 Å².